The van der Waals surface area contributed by atoms with E-state index >= 15 is 0 Å². The van der Waals surface area contributed by atoms with Crippen LogP contribution in [0.4, 0.5) is 0 Å². The van der Waals surface area contributed by atoms with Crippen LogP contribution in [0, 0.1) is 17.3 Å². The third-order valence-electron chi connectivity index (χ3n) is 7.32. The summed E-state index contributed by atoms with van der Waals surface area (Å²) < 4.78 is 28.8. The molecule has 9 heteroatoms. The number of nitrogens with zero attached hydrogens (tertiary/aromatic N) is 2. The minimum absolute atomic E-state index is 0.0219. The standard InChI is InChI=1S/C22H27N3O5S/c26-20(9-15-2-8-31(28,29)14-15)25-6-3-22(4-7-25)11-17(22)12-24-21(27)18-10-16-1-5-23-13-19(16)30-18/h1,5,10,13,15,17H,2-4,6-9,11-12,14H2,(H,24,27). The monoisotopic (exact) mass is 445 g/mol. The number of pyridine rings is 1. The maximum atomic E-state index is 12.6. The average Bonchev–Trinajstić information content (AvgIpc) is 3.07. The smallest absolute Gasteiger partial charge is 0.287 e. The summed E-state index contributed by atoms with van der Waals surface area (Å²) in [6.07, 6.45) is 7.17. The van der Waals surface area contributed by atoms with E-state index in [9.17, 15) is 18.0 Å². The Balaban J connectivity index is 1.08. The first-order valence-corrected chi connectivity index (χ1v) is 12.8. The Kier molecular flexibility index (Phi) is 5.03. The van der Waals surface area contributed by atoms with E-state index in [1.807, 2.05) is 11.0 Å². The molecule has 2 unspecified atom stereocenters. The lowest BCUT2D eigenvalue weighted by Crippen LogP contribution is -2.41. The lowest BCUT2D eigenvalue weighted by atomic mass is 9.90. The van der Waals surface area contributed by atoms with Crippen LogP contribution in [0.3, 0.4) is 0 Å². The second-order valence-corrected chi connectivity index (χ2v) is 11.6. The average molecular weight is 446 g/mol. The number of sulfone groups is 1. The van der Waals surface area contributed by atoms with Crippen molar-refractivity contribution in [2.24, 2.45) is 17.3 Å². The zero-order valence-corrected chi connectivity index (χ0v) is 18.2. The Bertz CT molecular complexity index is 1080. The molecule has 8 nitrogen and oxygen atoms in total. The van der Waals surface area contributed by atoms with Crippen LogP contribution in [-0.2, 0) is 14.6 Å². The van der Waals surface area contributed by atoms with Crippen molar-refractivity contribution in [2.45, 2.75) is 32.1 Å². The summed E-state index contributed by atoms with van der Waals surface area (Å²) in [6, 6.07) is 3.54. The number of rotatable bonds is 5. The number of carbonyl (C=O) groups excluding carboxylic acids is 2. The van der Waals surface area contributed by atoms with Crippen molar-refractivity contribution >= 4 is 32.6 Å². The molecule has 0 aromatic carbocycles. The van der Waals surface area contributed by atoms with Crippen molar-refractivity contribution in [3.05, 3.63) is 30.3 Å². The number of furan rings is 1. The van der Waals surface area contributed by atoms with Gasteiger partial charge in [-0.25, -0.2) is 8.42 Å². The molecule has 1 aliphatic carbocycles. The number of piperidine rings is 1. The second-order valence-electron chi connectivity index (χ2n) is 9.35. The van der Waals surface area contributed by atoms with Gasteiger partial charge in [-0.3, -0.25) is 14.6 Å². The van der Waals surface area contributed by atoms with Gasteiger partial charge in [0.2, 0.25) is 5.91 Å². The molecule has 2 saturated heterocycles. The molecule has 166 valence electrons. The molecule has 1 N–H and O–H groups in total. The van der Waals surface area contributed by atoms with E-state index in [0.29, 0.717) is 36.6 Å². The summed E-state index contributed by atoms with van der Waals surface area (Å²) in [5.74, 6) is 0.948. The molecule has 31 heavy (non-hydrogen) atoms. The molecular formula is C22H27N3O5S. The van der Waals surface area contributed by atoms with E-state index in [1.165, 1.54) is 0 Å². The van der Waals surface area contributed by atoms with Gasteiger partial charge in [-0.05, 0) is 55.1 Å². The Morgan fingerprint density at radius 2 is 2.10 bits per heavy atom. The number of aromatic nitrogens is 1. The van der Waals surface area contributed by atoms with Crippen LogP contribution in [0.25, 0.3) is 11.0 Å². The molecule has 1 spiro atoms. The number of likely N-dealkylation sites (tertiary alicyclic amines) is 1. The van der Waals surface area contributed by atoms with E-state index in [2.05, 4.69) is 10.3 Å². The molecule has 3 fully saturated rings. The largest absolute Gasteiger partial charge is 0.449 e. The highest BCUT2D eigenvalue weighted by Gasteiger charge is 2.54. The molecule has 2 amide bonds. The van der Waals surface area contributed by atoms with Crippen molar-refractivity contribution in [1.29, 1.82) is 0 Å². The number of carbonyl (C=O) groups is 2. The first-order chi connectivity index (χ1) is 14.8. The first-order valence-electron chi connectivity index (χ1n) is 10.9. The molecule has 5 rings (SSSR count). The Morgan fingerprint density at radius 1 is 1.29 bits per heavy atom. The molecule has 4 heterocycles. The van der Waals surface area contributed by atoms with Crippen LogP contribution in [0.2, 0.25) is 0 Å². The SMILES string of the molecule is O=C(NCC1CC12CCN(C(=O)CC1CCS(=O)(=O)C1)CC2)c1cc2ccncc2o1. The maximum absolute atomic E-state index is 12.6. The van der Waals surface area contributed by atoms with E-state index in [4.69, 9.17) is 4.42 Å². The summed E-state index contributed by atoms with van der Waals surface area (Å²) in [6.45, 7) is 2.06. The second kappa shape index (κ2) is 7.62. The van der Waals surface area contributed by atoms with Gasteiger partial charge >= 0.3 is 0 Å². The van der Waals surface area contributed by atoms with Crippen LogP contribution in [0.1, 0.15) is 42.7 Å². The third-order valence-corrected chi connectivity index (χ3v) is 9.15. The lowest BCUT2D eigenvalue weighted by Gasteiger charge is -2.33. The Morgan fingerprint density at radius 3 is 2.81 bits per heavy atom. The van der Waals surface area contributed by atoms with Crippen molar-refractivity contribution < 1.29 is 22.4 Å². The molecule has 0 radical (unpaired) electrons. The molecule has 3 aliphatic rings. The van der Waals surface area contributed by atoms with Gasteiger partial charge in [-0.2, -0.15) is 0 Å². The highest BCUT2D eigenvalue weighted by atomic mass is 32.2. The summed E-state index contributed by atoms with van der Waals surface area (Å²) in [5.41, 5.74) is 0.821. The Labute approximate surface area is 181 Å². The zero-order valence-electron chi connectivity index (χ0n) is 17.4. The maximum Gasteiger partial charge on any atom is 0.287 e. The number of nitrogens with one attached hydrogen (secondary N) is 1. The van der Waals surface area contributed by atoms with Crippen molar-refractivity contribution in [2.75, 3.05) is 31.1 Å². The van der Waals surface area contributed by atoms with Gasteiger partial charge in [0.1, 0.15) is 0 Å². The Hall–Kier alpha value is -2.42. The minimum atomic E-state index is -2.94. The van der Waals surface area contributed by atoms with Crippen molar-refractivity contribution in [1.82, 2.24) is 15.2 Å². The molecule has 2 aromatic rings. The van der Waals surface area contributed by atoms with E-state index in [0.717, 1.165) is 37.7 Å². The fourth-order valence-electron chi connectivity index (χ4n) is 5.24. The topological polar surface area (TPSA) is 110 Å². The number of fused-ring (bicyclic) bond motifs is 1. The van der Waals surface area contributed by atoms with Crippen LogP contribution in [0.5, 0.6) is 0 Å². The minimum Gasteiger partial charge on any atom is -0.449 e. The summed E-state index contributed by atoms with van der Waals surface area (Å²) in [4.78, 5) is 30.9. The fraction of sp³-hybridized carbons (Fsp3) is 0.591. The number of hydrogen-bond donors (Lipinski definition) is 1. The quantitative estimate of drug-likeness (QED) is 0.754. The van der Waals surface area contributed by atoms with E-state index in [1.54, 1.807) is 18.5 Å². The molecule has 2 atom stereocenters. The number of hydrogen-bond acceptors (Lipinski definition) is 6. The van der Waals surface area contributed by atoms with Gasteiger partial charge in [0, 0.05) is 37.6 Å². The van der Waals surface area contributed by atoms with Gasteiger partial charge in [0.25, 0.3) is 5.91 Å². The molecule has 2 aliphatic heterocycles. The van der Waals surface area contributed by atoms with Crippen LogP contribution < -0.4 is 5.32 Å². The number of amides is 2. The molecule has 0 bridgehead atoms. The molecule has 2 aromatic heterocycles. The van der Waals surface area contributed by atoms with Crippen molar-refractivity contribution in [3.63, 3.8) is 0 Å². The molecule has 1 saturated carbocycles. The normalized spacial score (nSPS) is 26.3. The van der Waals surface area contributed by atoms with Gasteiger partial charge in [0.15, 0.2) is 21.2 Å². The zero-order chi connectivity index (χ0) is 21.6. The predicted octanol–water partition coefficient (Wildman–Crippen LogP) is 2.01. The van der Waals surface area contributed by atoms with Crippen molar-refractivity contribution in [3.8, 4) is 0 Å². The lowest BCUT2D eigenvalue weighted by molar-refractivity contribution is -0.133. The highest BCUT2D eigenvalue weighted by molar-refractivity contribution is 7.91. The fourth-order valence-corrected chi connectivity index (χ4v) is 7.10. The van der Waals surface area contributed by atoms with E-state index in [-0.39, 0.29) is 34.7 Å². The van der Waals surface area contributed by atoms with Gasteiger partial charge in [-0.15, -0.1) is 0 Å². The summed E-state index contributed by atoms with van der Waals surface area (Å²) in [7, 11) is -2.94. The van der Waals surface area contributed by atoms with E-state index < -0.39 is 9.84 Å². The third kappa shape index (κ3) is 4.20. The van der Waals surface area contributed by atoms with Gasteiger partial charge in [-0.1, -0.05) is 0 Å². The highest BCUT2D eigenvalue weighted by Crippen LogP contribution is 2.59. The first kappa shape index (κ1) is 20.5. The van der Waals surface area contributed by atoms with Gasteiger partial charge in [0.05, 0.1) is 17.7 Å². The summed E-state index contributed by atoms with van der Waals surface area (Å²) >= 11 is 0. The van der Waals surface area contributed by atoms with Gasteiger partial charge < -0.3 is 14.6 Å². The van der Waals surface area contributed by atoms with Crippen LogP contribution >= 0.6 is 0 Å². The van der Waals surface area contributed by atoms with Crippen LogP contribution in [0.15, 0.2) is 28.9 Å². The van der Waals surface area contributed by atoms with Crippen LogP contribution in [-0.4, -0.2) is 61.3 Å². The predicted molar refractivity (Wildman–Crippen MR) is 114 cm³/mol. The summed E-state index contributed by atoms with van der Waals surface area (Å²) in [5, 5.41) is 3.85. The molecular weight excluding hydrogens is 418 g/mol.